The quantitative estimate of drug-likeness (QED) is 0.0526. The number of aromatic nitrogens is 2. The summed E-state index contributed by atoms with van der Waals surface area (Å²) in [6.07, 6.45) is 1.60. The van der Waals surface area contributed by atoms with Gasteiger partial charge in [0.1, 0.15) is 5.82 Å². The molecule has 0 unspecified atom stereocenters. The van der Waals surface area contributed by atoms with E-state index in [4.69, 9.17) is 0 Å². The molecule has 0 saturated carbocycles. The van der Waals surface area contributed by atoms with Gasteiger partial charge in [0.15, 0.2) is 14.5 Å². The first-order valence-electron chi connectivity index (χ1n) is 12.1. The summed E-state index contributed by atoms with van der Waals surface area (Å²) in [5.41, 5.74) is 3.39. The van der Waals surface area contributed by atoms with Crippen molar-refractivity contribution in [1.82, 2.24) is 9.97 Å². The molecule has 0 spiro atoms. The molecule has 0 saturated heterocycles. The maximum atomic E-state index is 13.1. The second-order valence-electron chi connectivity index (χ2n) is 8.64. The monoisotopic (exact) mass is 616 g/mol. The number of thiazole rings is 2. The summed E-state index contributed by atoms with van der Waals surface area (Å²) in [6.45, 7) is 0. The van der Waals surface area contributed by atoms with Crippen LogP contribution in [-0.2, 0) is 0 Å². The van der Waals surface area contributed by atoms with Gasteiger partial charge in [0.2, 0.25) is 0 Å². The van der Waals surface area contributed by atoms with Gasteiger partial charge in [0.05, 0.1) is 41.7 Å². The minimum Gasteiger partial charge on any atom is -0.293 e. The molecule has 0 amide bonds. The number of benzene rings is 4. The Kier molecular flexibility index (Phi) is 7.88. The number of para-hydroxylation sites is 1. The third kappa shape index (κ3) is 6.35. The highest BCUT2D eigenvalue weighted by molar-refractivity contribution is 8.01. The number of carbonyl (C=O) groups is 1. The van der Waals surface area contributed by atoms with E-state index in [9.17, 15) is 19.3 Å². The molecule has 0 aliphatic carbocycles. The lowest BCUT2D eigenvalue weighted by molar-refractivity contribution is -0.387. The maximum absolute atomic E-state index is 13.1. The topological polar surface area (TPSA) is 98.3 Å². The second kappa shape index (κ2) is 11.9. The van der Waals surface area contributed by atoms with Gasteiger partial charge in [0.25, 0.3) is 5.69 Å². The van der Waals surface area contributed by atoms with Crippen molar-refractivity contribution in [3.05, 3.63) is 112 Å². The van der Waals surface area contributed by atoms with Crippen molar-refractivity contribution in [1.29, 1.82) is 0 Å². The number of fused-ring (bicyclic) bond motifs is 2. The fraction of sp³-hybridized carbons (Fsp3) is 0.0345. The highest BCUT2D eigenvalue weighted by Gasteiger charge is 2.17. The molecule has 0 bridgehead atoms. The van der Waals surface area contributed by atoms with Crippen LogP contribution >= 0.6 is 46.2 Å². The van der Waals surface area contributed by atoms with Gasteiger partial charge in [-0.15, -0.1) is 22.7 Å². The normalized spacial score (nSPS) is 11.5. The van der Waals surface area contributed by atoms with Crippen LogP contribution in [0.4, 0.5) is 15.8 Å². The Labute approximate surface area is 249 Å². The molecule has 0 atom stereocenters. The Balaban J connectivity index is 1.15. The summed E-state index contributed by atoms with van der Waals surface area (Å²) >= 11 is 5.56. The van der Waals surface area contributed by atoms with Gasteiger partial charge >= 0.3 is 0 Å². The third-order valence-corrected chi connectivity index (χ3v) is 10.2. The number of halogens is 1. The first-order chi connectivity index (χ1) is 19.9. The lowest BCUT2D eigenvalue weighted by Crippen LogP contribution is -2.01. The summed E-state index contributed by atoms with van der Waals surface area (Å²) < 4.78 is 16.5. The van der Waals surface area contributed by atoms with Crippen LogP contribution in [0.15, 0.2) is 103 Å². The Hall–Kier alpha value is -3.97. The van der Waals surface area contributed by atoms with Crippen LogP contribution in [0.1, 0.15) is 15.9 Å². The van der Waals surface area contributed by atoms with E-state index in [1.807, 2.05) is 42.5 Å². The van der Waals surface area contributed by atoms with Crippen molar-refractivity contribution >= 4 is 90.0 Å². The van der Waals surface area contributed by atoms with Crippen LogP contribution in [0.3, 0.4) is 0 Å². The highest BCUT2D eigenvalue weighted by atomic mass is 32.2. The smallest absolute Gasteiger partial charge is 0.283 e. The van der Waals surface area contributed by atoms with E-state index in [1.54, 1.807) is 18.3 Å². The number of hydrogen-bond acceptors (Lipinski definition) is 10. The number of carbonyl (C=O) groups excluding carboxylic acids is 1. The number of hydrogen-bond donors (Lipinski definition) is 0. The van der Waals surface area contributed by atoms with Crippen molar-refractivity contribution in [2.75, 3.05) is 5.75 Å². The van der Waals surface area contributed by atoms with Gasteiger partial charge in [-0.1, -0.05) is 41.7 Å². The molecule has 2 aromatic heterocycles. The van der Waals surface area contributed by atoms with E-state index < -0.39 is 4.92 Å². The van der Waals surface area contributed by atoms with E-state index >= 15 is 0 Å². The Bertz CT molecular complexity index is 1920. The summed E-state index contributed by atoms with van der Waals surface area (Å²) in [5.74, 6) is -0.283. The van der Waals surface area contributed by atoms with Crippen molar-refractivity contribution < 1.29 is 14.1 Å². The molecule has 0 fully saturated rings. The number of rotatable bonds is 9. The van der Waals surface area contributed by atoms with Crippen LogP contribution in [-0.4, -0.2) is 32.6 Å². The first kappa shape index (κ1) is 27.2. The maximum Gasteiger partial charge on any atom is 0.283 e. The molecule has 2 heterocycles. The molecule has 6 rings (SSSR count). The molecule has 0 N–H and O–H groups in total. The fourth-order valence-corrected chi connectivity index (χ4v) is 7.97. The van der Waals surface area contributed by atoms with Crippen molar-refractivity contribution in [3.8, 4) is 0 Å². The molecule has 202 valence electrons. The Morgan fingerprint density at radius 2 is 1.68 bits per heavy atom. The number of nitrogens with zero attached hydrogens (tertiary/aromatic N) is 4. The van der Waals surface area contributed by atoms with Crippen molar-refractivity contribution in [2.24, 2.45) is 4.99 Å². The molecular weight excluding hydrogens is 600 g/mol. The zero-order chi connectivity index (χ0) is 28.3. The predicted octanol–water partition coefficient (Wildman–Crippen LogP) is 8.83. The van der Waals surface area contributed by atoms with Gasteiger partial charge in [0, 0.05) is 17.8 Å². The minimum absolute atomic E-state index is 0.00651. The number of nitro benzene ring substituents is 1. The zero-order valence-corrected chi connectivity index (χ0v) is 24.2. The summed E-state index contributed by atoms with van der Waals surface area (Å²) in [5, 5.41) is 11.8. The zero-order valence-electron chi connectivity index (χ0n) is 20.9. The van der Waals surface area contributed by atoms with Gasteiger partial charge in [-0.2, -0.15) is 0 Å². The summed E-state index contributed by atoms with van der Waals surface area (Å²) in [6, 6.07) is 23.8. The van der Waals surface area contributed by atoms with Gasteiger partial charge in [-0.05, 0) is 66.2 Å². The largest absolute Gasteiger partial charge is 0.293 e. The Morgan fingerprint density at radius 3 is 2.49 bits per heavy atom. The number of nitro groups is 1. The summed E-state index contributed by atoms with van der Waals surface area (Å²) in [7, 11) is 0. The minimum atomic E-state index is -0.392. The molecule has 4 aromatic carbocycles. The molecule has 7 nitrogen and oxygen atoms in total. The molecule has 0 radical (unpaired) electrons. The van der Waals surface area contributed by atoms with Crippen molar-refractivity contribution in [3.63, 3.8) is 0 Å². The van der Waals surface area contributed by atoms with Gasteiger partial charge in [-0.3, -0.25) is 19.9 Å². The SMILES string of the molecule is O=C(CSc1nc2ccc(N=Cc3ccc(Sc4nc5ccccc5s4)c([N+](=O)[O-])c3)cc2s1)c1ccc(F)cc1. The second-order valence-corrected chi connectivity index (χ2v) is 13.2. The summed E-state index contributed by atoms with van der Waals surface area (Å²) in [4.78, 5) is 38.0. The van der Waals surface area contributed by atoms with Crippen LogP contribution < -0.4 is 0 Å². The number of aliphatic imine (C=N–C) groups is 1. The van der Waals surface area contributed by atoms with E-state index in [0.29, 0.717) is 21.7 Å². The van der Waals surface area contributed by atoms with E-state index in [1.165, 1.54) is 76.5 Å². The Morgan fingerprint density at radius 1 is 0.927 bits per heavy atom. The molecular formula is C29H17FN4O3S4. The van der Waals surface area contributed by atoms with E-state index in [2.05, 4.69) is 15.0 Å². The van der Waals surface area contributed by atoms with E-state index in [-0.39, 0.29) is 23.0 Å². The standard InChI is InChI=1S/C29H17FN4O3S4/c30-19-8-6-18(7-9-19)24(35)16-38-28-32-22-11-10-20(14-27(22)41-28)31-15-17-5-12-26(23(13-17)34(36)37)40-29-33-21-3-1-2-4-25(21)39-29/h1-15H,16H2. The third-order valence-electron chi connectivity index (χ3n) is 5.86. The molecule has 0 aliphatic heterocycles. The average Bonchev–Trinajstić information content (AvgIpc) is 3.58. The lowest BCUT2D eigenvalue weighted by atomic mass is 10.1. The van der Waals surface area contributed by atoms with Crippen LogP contribution in [0.25, 0.3) is 20.4 Å². The number of thioether (sulfide) groups is 1. The van der Waals surface area contributed by atoms with Crippen LogP contribution in [0.2, 0.25) is 0 Å². The highest BCUT2D eigenvalue weighted by Crippen LogP contribution is 2.39. The molecule has 41 heavy (non-hydrogen) atoms. The van der Waals surface area contributed by atoms with Crippen LogP contribution in [0.5, 0.6) is 0 Å². The predicted molar refractivity (Wildman–Crippen MR) is 165 cm³/mol. The van der Waals surface area contributed by atoms with Gasteiger partial charge in [-0.25, -0.2) is 14.4 Å². The van der Waals surface area contributed by atoms with Crippen molar-refractivity contribution in [2.45, 2.75) is 13.6 Å². The fourth-order valence-electron chi connectivity index (χ4n) is 3.86. The lowest BCUT2D eigenvalue weighted by Gasteiger charge is -2.02. The van der Waals surface area contributed by atoms with Crippen LogP contribution in [0, 0.1) is 15.9 Å². The average molecular weight is 617 g/mol. The van der Waals surface area contributed by atoms with Gasteiger partial charge < -0.3 is 0 Å². The van der Waals surface area contributed by atoms with E-state index in [0.717, 1.165) is 29.1 Å². The number of ketones is 1. The first-order valence-corrected chi connectivity index (χ1v) is 15.5. The molecule has 6 aromatic rings. The molecule has 0 aliphatic rings. The number of Topliss-reactive ketones (excluding diaryl/α,β-unsaturated/α-hetero) is 1. The molecule has 12 heteroatoms.